The van der Waals surface area contributed by atoms with Gasteiger partial charge in [-0.25, -0.2) is 9.48 Å². The number of tetrazole rings is 1. The highest BCUT2D eigenvalue weighted by Gasteiger charge is 2.22. The summed E-state index contributed by atoms with van der Waals surface area (Å²) in [6, 6.07) is 6.88. The Morgan fingerprint density at radius 1 is 1.31 bits per heavy atom. The van der Waals surface area contributed by atoms with Gasteiger partial charge in [0, 0.05) is 10.4 Å². The summed E-state index contributed by atoms with van der Waals surface area (Å²) < 4.78 is 6.57. The van der Waals surface area contributed by atoms with Gasteiger partial charge in [-0.15, -0.1) is 16.4 Å². The predicted octanol–water partition coefficient (Wildman–Crippen LogP) is 2.77. The van der Waals surface area contributed by atoms with Crippen molar-refractivity contribution in [1.29, 1.82) is 0 Å². The standard InChI is InChI=1S/C17H17N5O3S/c1-4-25-17(24)14-10(2)11(3)26-16(14)19-15(23)12-6-5-7-13(8-12)22-9-18-20-21-22/h5-9H,4H2,1-3H3,(H,19,23). The van der Waals surface area contributed by atoms with Gasteiger partial charge in [-0.3, -0.25) is 4.79 Å². The Morgan fingerprint density at radius 2 is 2.12 bits per heavy atom. The summed E-state index contributed by atoms with van der Waals surface area (Å²) in [6.07, 6.45) is 1.45. The fraction of sp³-hybridized carbons (Fsp3) is 0.235. The zero-order valence-electron chi connectivity index (χ0n) is 14.5. The maximum absolute atomic E-state index is 12.7. The van der Waals surface area contributed by atoms with Crippen LogP contribution in [0.4, 0.5) is 5.00 Å². The largest absolute Gasteiger partial charge is 0.462 e. The predicted molar refractivity (Wildman–Crippen MR) is 96.9 cm³/mol. The second-order valence-corrected chi connectivity index (χ2v) is 6.69. The van der Waals surface area contributed by atoms with Crippen molar-refractivity contribution in [3.63, 3.8) is 0 Å². The summed E-state index contributed by atoms with van der Waals surface area (Å²) in [7, 11) is 0. The molecule has 1 N–H and O–H groups in total. The number of rotatable bonds is 5. The lowest BCUT2D eigenvalue weighted by atomic mass is 10.1. The molecule has 9 heteroatoms. The summed E-state index contributed by atoms with van der Waals surface area (Å²) in [5, 5.41) is 14.3. The van der Waals surface area contributed by atoms with E-state index in [1.165, 1.54) is 22.3 Å². The highest BCUT2D eigenvalue weighted by atomic mass is 32.1. The maximum atomic E-state index is 12.7. The van der Waals surface area contributed by atoms with Gasteiger partial charge in [-0.2, -0.15) is 0 Å². The Kier molecular flexibility index (Phi) is 5.08. The third-order valence-corrected chi connectivity index (χ3v) is 4.94. The number of esters is 1. The molecule has 8 nitrogen and oxygen atoms in total. The summed E-state index contributed by atoms with van der Waals surface area (Å²) in [6.45, 7) is 5.76. The van der Waals surface area contributed by atoms with E-state index >= 15 is 0 Å². The molecule has 0 spiro atoms. The fourth-order valence-corrected chi connectivity index (χ4v) is 3.45. The number of nitrogens with zero attached hydrogens (tertiary/aromatic N) is 4. The van der Waals surface area contributed by atoms with Crippen LogP contribution in [-0.4, -0.2) is 38.7 Å². The molecule has 0 aliphatic heterocycles. The molecule has 0 saturated carbocycles. The molecule has 0 unspecified atom stereocenters. The average molecular weight is 371 g/mol. The second-order valence-electron chi connectivity index (χ2n) is 5.47. The van der Waals surface area contributed by atoms with Crippen LogP contribution < -0.4 is 5.32 Å². The normalized spacial score (nSPS) is 10.6. The van der Waals surface area contributed by atoms with Crippen LogP contribution >= 0.6 is 11.3 Å². The molecule has 1 amide bonds. The number of aromatic nitrogens is 4. The number of amides is 1. The first-order chi connectivity index (χ1) is 12.5. The number of anilines is 1. The minimum absolute atomic E-state index is 0.272. The van der Waals surface area contributed by atoms with Gasteiger partial charge in [0.2, 0.25) is 0 Å². The first-order valence-corrected chi connectivity index (χ1v) is 8.74. The molecule has 3 aromatic rings. The monoisotopic (exact) mass is 371 g/mol. The first-order valence-electron chi connectivity index (χ1n) is 7.93. The number of ether oxygens (including phenoxy) is 1. The summed E-state index contributed by atoms with van der Waals surface area (Å²) in [5.41, 5.74) is 2.30. The Bertz CT molecular complexity index is 949. The Labute approximate surface area is 153 Å². The van der Waals surface area contributed by atoms with Gasteiger partial charge < -0.3 is 10.1 Å². The lowest BCUT2D eigenvalue weighted by Crippen LogP contribution is -2.15. The van der Waals surface area contributed by atoms with Crippen LogP contribution in [0.25, 0.3) is 5.69 Å². The molecule has 0 aliphatic carbocycles. The van der Waals surface area contributed by atoms with Gasteiger partial charge in [0.25, 0.3) is 5.91 Å². The molecule has 0 bridgehead atoms. The Morgan fingerprint density at radius 3 is 2.81 bits per heavy atom. The number of hydrogen-bond donors (Lipinski definition) is 1. The van der Waals surface area contributed by atoms with Gasteiger partial charge in [0.15, 0.2) is 0 Å². The molecular formula is C17H17N5O3S. The molecule has 0 aliphatic rings. The molecular weight excluding hydrogens is 354 g/mol. The van der Waals surface area contributed by atoms with Crippen LogP contribution in [0.15, 0.2) is 30.6 Å². The van der Waals surface area contributed by atoms with Crippen molar-refractivity contribution in [2.24, 2.45) is 0 Å². The minimum atomic E-state index is -0.438. The van der Waals surface area contributed by atoms with Crippen molar-refractivity contribution in [1.82, 2.24) is 20.2 Å². The van der Waals surface area contributed by atoms with E-state index in [0.717, 1.165) is 10.4 Å². The first kappa shape index (κ1) is 17.7. The zero-order chi connectivity index (χ0) is 18.7. The fourth-order valence-electron chi connectivity index (χ4n) is 2.41. The lowest BCUT2D eigenvalue weighted by Gasteiger charge is -2.08. The molecule has 0 fully saturated rings. The van der Waals surface area contributed by atoms with Gasteiger partial charge in [0.1, 0.15) is 11.3 Å². The van der Waals surface area contributed by atoms with Gasteiger partial charge in [-0.1, -0.05) is 6.07 Å². The third kappa shape index (κ3) is 3.47. The molecule has 2 heterocycles. The quantitative estimate of drug-likeness (QED) is 0.693. The highest BCUT2D eigenvalue weighted by molar-refractivity contribution is 7.16. The number of carbonyl (C=O) groups excluding carboxylic acids is 2. The molecule has 0 radical (unpaired) electrons. The minimum Gasteiger partial charge on any atom is -0.462 e. The molecule has 0 saturated heterocycles. The number of hydrogen-bond acceptors (Lipinski definition) is 7. The van der Waals surface area contributed by atoms with Gasteiger partial charge >= 0.3 is 5.97 Å². The molecule has 134 valence electrons. The molecule has 3 rings (SSSR count). The van der Waals surface area contributed by atoms with E-state index in [-0.39, 0.29) is 12.5 Å². The smallest absolute Gasteiger partial charge is 0.341 e. The summed E-state index contributed by atoms with van der Waals surface area (Å²) in [4.78, 5) is 25.9. The number of nitrogens with one attached hydrogen (secondary N) is 1. The Balaban J connectivity index is 1.88. The van der Waals surface area contributed by atoms with E-state index in [2.05, 4.69) is 20.8 Å². The van der Waals surface area contributed by atoms with Crippen molar-refractivity contribution in [2.75, 3.05) is 11.9 Å². The van der Waals surface area contributed by atoms with Gasteiger partial charge in [0.05, 0.1) is 17.9 Å². The van der Waals surface area contributed by atoms with Crippen molar-refractivity contribution in [2.45, 2.75) is 20.8 Å². The van der Waals surface area contributed by atoms with E-state index in [4.69, 9.17) is 4.74 Å². The van der Waals surface area contributed by atoms with E-state index in [0.29, 0.717) is 21.8 Å². The molecule has 1 aromatic carbocycles. The SMILES string of the molecule is CCOC(=O)c1c(NC(=O)c2cccc(-n3cnnn3)c2)sc(C)c1C. The van der Waals surface area contributed by atoms with Crippen LogP contribution in [0.5, 0.6) is 0 Å². The van der Waals surface area contributed by atoms with E-state index < -0.39 is 5.97 Å². The van der Waals surface area contributed by atoms with Crippen LogP contribution in [-0.2, 0) is 4.74 Å². The summed E-state index contributed by atoms with van der Waals surface area (Å²) >= 11 is 1.35. The van der Waals surface area contributed by atoms with E-state index in [1.54, 1.807) is 31.2 Å². The maximum Gasteiger partial charge on any atom is 0.341 e. The van der Waals surface area contributed by atoms with Crippen LogP contribution in [0.1, 0.15) is 38.1 Å². The van der Waals surface area contributed by atoms with Crippen molar-refractivity contribution in [3.8, 4) is 5.69 Å². The molecule has 2 aromatic heterocycles. The van der Waals surface area contributed by atoms with E-state index in [9.17, 15) is 9.59 Å². The molecule has 0 atom stereocenters. The van der Waals surface area contributed by atoms with Gasteiger partial charge in [-0.05, 0) is 55.0 Å². The number of thiophene rings is 1. The van der Waals surface area contributed by atoms with Crippen molar-refractivity contribution in [3.05, 3.63) is 52.2 Å². The van der Waals surface area contributed by atoms with Crippen LogP contribution in [0, 0.1) is 13.8 Å². The van der Waals surface area contributed by atoms with Crippen molar-refractivity contribution >= 4 is 28.2 Å². The lowest BCUT2D eigenvalue weighted by molar-refractivity contribution is 0.0527. The summed E-state index contributed by atoms with van der Waals surface area (Å²) in [5.74, 6) is -0.765. The Hall–Kier alpha value is -3.07. The number of carbonyl (C=O) groups is 2. The third-order valence-electron chi connectivity index (χ3n) is 3.81. The van der Waals surface area contributed by atoms with Crippen molar-refractivity contribution < 1.29 is 14.3 Å². The van der Waals surface area contributed by atoms with Crippen LogP contribution in [0.3, 0.4) is 0 Å². The van der Waals surface area contributed by atoms with E-state index in [1.807, 2.05) is 13.8 Å². The highest BCUT2D eigenvalue weighted by Crippen LogP contribution is 2.33. The number of benzene rings is 1. The average Bonchev–Trinajstić information content (AvgIpc) is 3.24. The van der Waals surface area contributed by atoms with Crippen LogP contribution in [0.2, 0.25) is 0 Å². The number of aryl methyl sites for hydroxylation is 1. The zero-order valence-corrected chi connectivity index (χ0v) is 15.3. The molecule has 26 heavy (non-hydrogen) atoms. The second kappa shape index (κ2) is 7.44. The topological polar surface area (TPSA) is 99.0 Å².